The Morgan fingerprint density at radius 1 is 1.21 bits per heavy atom. The summed E-state index contributed by atoms with van der Waals surface area (Å²) in [6, 6.07) is 2.98. The lowest BCUT2D eigenvalue weighted by Crippen LogP contribution is -2.64. The Morgan fingerprint density at radius 3 is 2.47 bits per heavy atom. The summed E-state index contributed by atoms with van der Waals surface area (Å²) in [5.74, 6) is -2.30. The molecule has 1 aromatic carbocycles. The second-order valence-electron chi connectivity index (χ2n) is 4.98. The van der Waals surface area contributed by atoms with Crippen molar-refractivity contribution in [3.63, 3.8) is 0 Å². The summed E-state index contributed by atoms with van der Waals surface area (Å²) in [4.78, 5) is 22.5. The topological polar surface area (TPSA) is 95.9 Å². The van der Waals surface area contributed by atoms with Gasteiger partial charge in [-0.2, -0.15) is 0 Å². The van der Waals surface area contributed by atoms with Gasteiger partial charge in [0.2, 0.25) is 0 Å². The van der Waals surface area contributed by atoms with E-state index in [1.807, 2.05) is 0 Å². The minimum atomic E-state index is -1.27. The van der Waals surface area contributed by atoms with Gasteiger partial charge in [-0.3, -0.25) is 0 Å². The number of rotatable bonds is 2. The highest BCUT2D eigenvalue weighted by Gasteiger charge is 2.43. The van der Waals surface area contributed by atoms with Crippen LogP contribution in [0.1, 0.15) is 32.7 Å². The summed E-state index contributed by atoms with van der Waals surface area (Å²) in [7, 11) is 0. The molecule has 2 aliphatic heterocycles. The van der Waals surface area contributed by atoms with Crippen molar-refractivity contribution in [2.75, 3.05) is 13.1 Å². The van der Waals surface area contributed by atoms with Crippen molar-refractivity contribution in [3.05, 3.63) is 28.8 Å². The van der Waals surface area contributed by atoms with Crippen LogP contribution in [0.2, 0.25) is 0 Å². The third kappa shape index (κ3) is 1.76. The van der Waals surface area contributed by atoms with E-state index in [1.165, 1.54) is 6.07 Å². The van der Waals surface area contributed by atoms with Crippen molar-refractivity contribution in [2.24, 2.45) is 0 Å². The van der Waals surface area contributed by atoms with Crippen molar-refractivity contribution in [2.45, 2.75) is 18.4 Å². The van der Waals surface area contributed by atoms with Crippen LogP contribution in [0.4, 0.5) is 0 Å². The molecule has 0 aliphatic carbocycles. The average Bonchev–Trinajstić information content (AvgIpc) is 2.34. The van der Waals surface area contributed by atoms with E-state index in [0.29, 0.717) is 19.5 Å². The monoisotopic (exact) mass is 263 g/mol. The molecule has 0 unspecified atom stereocenters. The van der Waals surface area contributed by atoms with Crippen LogP contribution in [-0.4, -0.2) is 40.8 Å². The van der Waals surface area contributed by atoms with Crippen LogP contribution in [0.5, 0.6) is 5.75 Å². The Bertz CT molecular complexity index is 577. The van der Waals surface area contributed by atoms with Crippen molar-refractivity contribution in [3.8, 4) is 5.75 Å². The van der Waals surface area contributed by atoms with E-state index in [9.17, 15) is 14.7 Å². The average molecular weight is 263 g/mol. The zero-order valence-corrected chi connectivity index (χ0v) is 10.1. The molecule has 2 aliphatic rings. The number of aryl methyl sites for hydroxylation is 1. The van der Waals surface area contributed by atoms with Crippen LogP contribution in [0.15, 0.2) is 12.1 Å². The van der Waals surface area contributed by atoms with E-state index in [-0.39, 0.29) is 22.5 Å². The minimum absolute atomic E-state index is 0.222. The predicted molar refractivity (Wildman–Crippen MR) is 64.9 cm³/mol. The lowest BCUT2D eigenvalue weighted by Gasteiger charge is -2.46. The molecule has 3 rings (SSSR count). The molecule has 2 heterocycles. The first kappa shape index (κ1) is 12.0. The third-order valence-electron chi connectivity index (χ3n) is 3.75. The van der Waals surface area contributed by atoms with Crippen molar-refractivity contribution < 1.29 is 24.5 Å². The molecule has 19 heavy (non-hydrogen) atoms. The van der Waals surface area contributed by atoms with Crippen molar-refractivity contribution >= 4 is 11.9 Å². The lowest BCUT2D eigenvalue weighted by atomic mass is 9.85. The molecule has 0 bridgehead atoms. The molecule has 0 amide bonds. The van der Waals surface area contributed by atoms with E-state index in [2.05, 4.69) is 5.32 Å². The molecule has 0 atom stereocenters. The van der Waals surface area contributed by atoms with Gasteiger partial charge in [-0.1, -0.05) is 6.07 Å². The Morgan fingerprint density at radius 2 is 1.95 bits per heavy atom. The third-order valence-corrected chi connectivity index (χ3v) is 3.75. The van der Waals surface area contributed by atoms with Gasteiger partial charge in [-0.15, -0.1) is 0 Å². The molecule has 6 heteroatoms. The van der Waals surface area contributed by atoms with Gasteiger partial charge < -0.3 is 20.3 Å². The van der Waals surface area contributed by atoms with Crippen LogP contribution < -0.4 is 10.1 Å². The number of benzene rings is 1. The van der Waals surface area contributed by atoms with Gasteiger partial charge in [0.15, 0.2) is 0 Å². The van der Waals surface area contributed by atoms with E-state index >= 15 is 0 Å². The van der Waals surface area contributed by atoms with Gasteiger partial charge in [0.1, 0.15) is 16.9 Å². The number of nitrogens with one attached hydrogen (secondary N) is 1. The highest BCUT2D eigenvalue weighted by molar-refractivity contribution is 6.04. The Hall–Kier alpha value is -2.08. The van der Waals surface area contributed by atoms with Crippen molar-refractivity contribution in [1.82, 2.24) is 5.32 Å². The zero-order chi connectivity index (χ0) is 13.6. The van der Waals surface area contributed by atoms with Crippen LogP contribution >= 0.6 is 0 Å². The molecule has 1 spiro atoms. The number of carbonyl (C=O) groups is 2. The first-order chi connectivity index (χ1) is 9.02. The smallest absolute Gasteiger partial charge is 0.340 e. The molecule has 0 saturated carbocycles. The van der Waals surface area contributed by atoms with E-state index in [4.69, 9.17) is 9.84 Å². The summed E-state index contributed by atoms with van der Waals surface area (Å²) in [5.41, 5.74) is -0.0691. The first-order valence-electron chi connectivity index (χ1n) is 6.05. The maximum Gasteiger partial charge on any atom is 0.340 e. The number of ether oxygens (including phenoxy) is 1. The molecular weight excluding hydrogens is 250 g/mol. The molecular formula is C13H13NO5. The molecule has 0 radical (unpaired) electrons. The second-order valence-corrected chi connectivity index (χ2v) is 4.98. The summed E-state index contributed by atoms with van der Waals surface area (Å²) < 4.78 is 5.83. The summed E-state index contributed by atoms with van der Waals surface area (Å²) in [6.07, 6.45) is 1.52. The Kier molecular flexibility index (Phi) is 2.50. The van der Waals surface area contributed by atoms with Crippen molar-refractivity contribution in [1.29, 1.82) is 0 Å². The Labute approximate surface area is 109 Å². The highest BCUT2D eigenvalue weighted by atomic mass is 16.5. The van der Waals surface area contributed by atoms with Gasteiger partial charge >= 0.3 is 11.9 Å². The minimum Gasteiger partial charge on any atom is -0.483 e. The van der Waals surface area contributed by atoms with Crippen LogP contribution in [0, 0.1) is 0 Å². The molecule has 3 N–H and O–H groups in total. The largest absolute Gasteiger partial charge is 0.483 e. The summed E-state index contributed by atoms with van der Waals surface area (Å²) in [5, 5.41) is 21.5. The zero-order valence-electron chi connectivity index (χ0n) is 10.1. The Balaban J connectivity index is 2.14. The molecule has 1 saturated heterocycles. The number of carboxylic acid groups (broad SMARTS) is 2. The van der Waals surface area contributed by atoms with E-state index in [0.717, 1.165) is 12.0 Å². The summed E-state index contributed by atoms with van der Waals surface area (Å²) in [6.45, 7) is 1.34. The maximum absolute atomic E-state index is 11.4. The van der Waals surface area contributed by atoms with E-state index < -0.39 is 11.9 Å². The number of hydrogen-bond donors (Lipinski definition) is 3. The SMILES string of the molecule is O=C(O)c1ccc2c(c1C(=O)O)OC1(CC2)CNC1. The number of aromatic carboxylic acids is 2. The van der Waals surface area contributed by atoms with Gasteiger partial charge in [0, 0.05) is 13.1 Å². The maximum atomic E-state index is 11.4. The van der Waals surface area contributed by atoms with Gasteiger partial charge in [0.25, 0.3) is 0 Å². The molecule has 100 valence electrons. The molecule has 6 nitrogen and oxygen atoms in total. The normalized spacial score (nSPS) is 19.2. The highest BCUT2D eigenvalue weighted by Crippen LogP contribution is 2.39. The van der Waals surface area contributed by atoms with Crippen LogP contribution in [0.25, 0.3) is 0 Å². The van der Waals surface area contributed by atoms with E-state index in [1.54, 1.807) is 6.07 Å². The molecule has 1 aromatic rings. The van der Waals surface area contributed by atoms with Gasteiger partial charge in [-0.05, 0) is 24.5 Å². The molecule has 1 fully saturated rings. The predicted octanol–water partition coefficient (Wildman–Crippen LogP) is 0.750. The summed E-state index contributed by atoms with van der Waals surface area (Å²) >= 11 is 0. The quantitative estimate of drug-likeness (QED) is 0.728. The van der Waals surface area contributed by atoms with Crippen LogP contribution in [-0.2, 0) is 6.42 Å². The number of hydrogen-bond acceptors (Lipinski definition) is 4. The fourth-order valence-corrected chi connectivity index (χ4v) is 2.61. The molecule has 0 aromatic heterocycles. The fourth-order valence-electron chi connectivity index (χ4n) is 2.61. The number of fused-ring (bicyclic) bond motifs is 1. The first-order valence-corrected chi connectivity index (χ1v) is 6.05. The van der Waals surface area contributed by atoms with Gasteiger partial charge in [-0.25, -0.2) is 9.59 Å². The standard InChI is InChI=1S/C13H13NO5/c15-11(16)8-2-1-7-3-4-13(5-14-6-13)19-10(7)9(8)12(17)18/h1-2,14H,3-6H2,(H,15,16)(H,17,18). The van der Waals surface area contributed by atoms with Gasteiger partial charge in [0.05, 0.1) is 5.56 Å². The second kappa shape index (κ2) is 3.96. The fraction of sp³-hybridized carbons (Fsp3) is 0.385. The number of carboxylic acids is 2. The van der Waals surface area contributed by atoms with Crippen LogP contribution in [0.3, 0.4) is 0 Å². The lowest BCUT2D eigenvalue weighted by molar-refractivity contribution is -0.00370.